The van der Waals surface area contributed by atoms with Gasteiger partial charge in [-0.15, -0.1) is 0 Å². The minimum absolute atomic E-state index is 0.0465. The third-order valence-corrected chi connectivity index (χ3v) is 29.4. The summed E-state index contributed by atoms with van der Waals surface area (Å²) in [6.45, 7) is 6.47. The molecule has 6 saturated carbocycles. The van der Waals surface area contributed by atoms with Gasteiger partial charge in [0.25, 0.3) is 0 Å². The standard InChI is InChI=1S/2C18H33P.2C7H6.C5H11N2.C5H9N2.4ClH.2Ru/c2*1-4-10-16(11-5-1)19(17-12-6-2-7-13-17)18-14-8-3-9-15-18;2*1-7-5-3-2-4-6-7;2*1-6-3-4-7(2)5-6;;;;;;/h2*16-18H,1-15H2;2*1-6H;5H,3-4H2,1-2H3;3-5H,1-2H3;4*1H;;/q;;;;2*-1;;;;;2*+2/p-2. The molecule has 0 N–H and O–H groups in total. The number of halogens is 4. The molecule has 0 atom stereocenters. The van der Waals surface area contributed by atoms with Crippen molar-refractivity contribution in [2.24, 2.45) is 0 Å². The Bertz CT molecular complexity index is 1540. The number of benzene rings is 2. The summed E-state index contributed by atoms with van der Waals surface area (Å²) in [5.41, 5.74) is 9.59. The van der Waals surface area contributed by atoms with Gasteiger partial charge >= 0.3 is 147 Å². The topological polar surface area (TPSA) is 13.0 Å². The van der Waals surface area contributed by atoms with Crippen LogP contribution in [0.2, 0.25) is 0 Å². The fourth-order valence-corrected chi connectivity index (χ4v) is 27.3. The third-order valence-electron chi connectivity index (χ3n) is 16.5. The first kappa shape index (κ1) is 63.5. The van der Waals surface area contributed by atoms with Crippen LogP contribution in [0.1, 0.15) is 204 Å². The van der Waals surface area contributed by atoms with Crippen LogP contribution in [0.3, 0.4) is 0 Å². The van der Waals surface area contributed by atoms with E-state index in [1.54, 1.807) is 193 Å². The van der Waals surface area contributed by atoms with Crippen molar-refractivity contribution in [1.29, 1.82) is 0 Å². The molecule has 2 aromatic rings. The van der Waals surface area contributed by atoms with Crippen LogP contribution in [0, 0.1) is 13.3 Å². The molecule has 0 bridgehead atoms. The van der Waals surface area contributed by atoms with E-state index in [9.17, 15) is 0 Å². The van der Waals surface area contributed by atoms with Gasteiger partial charge in [0.2, 0.25) is 0 Å². The van der Waals surface area contributed by atoms with E-state index in [1.165, 1.54) is 47.0 Å². The predicted octanol–water partition coefficient (Wildman–Crippen LogP) is 18.4. The zero-order valence-electron chi connectivity index (χ0n) is 45.3. The van der Waals surface area contributed by atoms with Crippen molar-refractivity contribution < 1.29 is 27.0 Å². The fourth-order valence-electron chi connectivity index (χ4n) is 13.2. The molecule has 0 aromatic heterocycles. The second-order valence-corrected chi connectivity index (χ2v) is 40.6. The normalized spacial score (nSPS) is 22.7. The van der Waals surface area contributed by atoms with Crippen molar-refractivity contribution in [2.75, 3.05) is 41.3 Å². The van der Waals surface area contributed by atoms with Crippen molar-refractivity contribution in [3.8, 4) is 0 Å². The van der Waals surface area contributed by atoms with Crippen LogP contribution < -0.4 is 0 Å². The Kier molecular flexibility index (Phi) is 33.8. The van der Waals surface area contributed by atoms with Crippen molar-refractivity contribution in [3.05, 3.63) is 97.5 Å². The number of hydrogen-bond acceptors (Lipinski definition) is 4. The van der Waals surface area contributed by atoms with Crippen LogP contribution >= 0.6 is 54.6 Å². The summed E-state index contributed by atoms with van der Waals surface area (Å²) in [5, 5.41) is 0. The molecule has 2 aliphatic heterocycles. The quantitative estimate of drug-likeness (QED) is 0.148. The molecule has 1 saturated heterocycles. The van der Waals surface area contributed by atoms with Gasteiger partial charge in [-0.05, 0) is 208 Å². The van der Waals surface area contributed by atoms with E-state index in [-0.39, 0.29) is 15.8 Å². The van der Waals surface area contributed by atoms with Crippen LogP contribution in [-0.4, -0.2) is 104 Å². The molecular weight excluding hydrogens is 1180 g/mol. The Morgan fingerprint density at radius 3 is 0.778 bits per heavy atom. The molecule has 414 valence electrons. The Labute approximate surface area is 471 Å². The van der Waals surface area contributed by atoms with E-state index in [4.69, 9.17) is 38.8 Å². The van der Waals surface area contributed by atoms with Gasteiger partial charge in [0.1, 0.15) is 0 Å². The molecule has 10 rings (SSSR count). The van der Waals surface area contributed by atoms with Gasteiger partial charge in [0.15, 0.2) is 0 Å². The SMILES string of the molecule is C1CCC([PH+](C2CCCCC2)C2CCCCC2)CC1.C1CCC([PH+](C2CCCCC2)C2CCCCC2)CC1.CN1C=CN(C)[CH-]1.CN1[CH-]N(C)CC1.[Cl][Ru]([Cl])=[CH]c1ccccc1.[Cl][Ru]([Cl])=[CH]c1ccccc1. The van der Waals surface area contributed by atoms with Crippen molar-refractivity contribution in [2.45, 2.75) is 227 Å². The predicted molar refractivity (Wildman–Crippen MR) is 323 cm³/mol. The first-order chi connectivity index (χ1) is 35.0. The van der Waals surface area contributed by atoms with Crippen LogP contribution in [0.15, 0.2) is 73.1 Å². The van der Waals surface area contributed by atoms with E-state index in [0.29, 0.717) is 0 Å². The monoisotopic (exact) mass is 1280 g/mol. The summed E-state index contributed by atoms with van der Waals surface area (Å²) in [6.07, 6.45) is 51.6. The van der Waals surface area contributed by atoms with Crippen LogP contribution in [-0.2, 0) is 27.0 Å². The molecule has 0 amide bonds. The average molecular weight is 1280 g/mol. The average Bonchev–Trinajstić information content (AvgIpc) is 4.00. The Morgan fingerprint density at radius 2 is 0.611 bits per heavy atom. The maximum absolute atomic E-state index is 5.67. The first-order valence-corrected chi connectivity index (χ1v) is 43.2. The van der Waals surface area contributed by atoms with Gasteiger partial charge in [0.05, 0.1) is 34.0 Å². The molecule has 7 fully saturated rings. The van der Waals surface area contributed by atoms with Gasteiger partial charge in [-0.3, -0.25) is 0 Å². The number of rotatable bonds is 8. The molecule has 72 heavy (non-hydrogen) atoms. The summed E-state index contributed by atoms with van der Waals surface area (Å²) in [7, 11) is 30.7. The molecule has 2 heterocycles. The Hall–Kier alpha value is 0.707. The van der Waals surface area contributed by atoms with Gasteiger partial charge in [-0.25, -0.2) is 6.67 Å². The Balaban J connectivity index is 0.000000169. The first-order valence-electron chi connectivity index (χ1n) is 28.8. The van der Waals surface area contributed by atoms with Crippen molar-refractivity contribution in [3.63, 3.8) is 0 Å². The summed E-state index contributed by atoms with van der Waals surface area (Å²) in [6, 6.07) is 19.8. The molecule has 0 radical (unpaired) electrons. The zero-order valence-corrected chi connectivity index (χ0v) is 53.8. The Morgan fingerprint density at radius 1 is 0.375 bits per heavy atom. The maximum atomic E-state index is 5.67. The number of hydrogen-bond donors (Lipinski definition) is 0. The van der Waals surface area contributed by atoms with Gasteiger partial charge in [-0.2, -0.15) is 6.67 Å². The van der Waals surface area contributed by atoms with Crippen LogP contribution in [0.25, 0.3) is 0 Å². The number of likely N-dealkylation sites (N-methyl/N-ethyl adjacent to an activating group) is 2. The summed E-state index contributed by atoms with van der Waals surface area (Å²) >= 11 is -3.23. The second-order valence-electron chi connectivity index (χ2n) is 22.3. The van der Waals surface area contributed by atoms with Gasteiger partial charge in [0, 0.05) is 15.8 Å². The van der Waals surface area contributed by atoms with E-state index in [0.717, 1.165) is 11.1 Å². The third kappa shape index (κ3) is 26.1. The molecule has 12 heteroatoms. The fraction of sp³-hybridized carbons (Fsp3) is 0.700. The van der Waals surface area contributed by atoms with E-state index in [1.807, 2.05) is 113 Å². The molecule has 8 aliphatic rings. The van der Waals surface area contributed by atoms with E-state index < -0.39 is 27.0 Å². The zero-order chi connectivity index (χ0) is 51.2. The molecule has 2 aromatic carbocycles. The minimum atomic E-state index is -1.61. The summed E-state index contributed by atoms with van der Waals surface area (Å²) in [4.78, 5) is 8.36. The van der Waals surface area contributed by atoms with Crippen molar-refractivity contribution in [1.82, 2.24) is 19.6 Å². The van der Waals surface area contributed by atoms with Crippen LogP contribution in [0.4, 0.5) is 0 Å². The molecule has 0 unspecified atom stereocenters. The molecule has 4 nitrogen and oxygen atoms in total. The molecule has 6 aliphatic carbocycles. The molecule has 0 spiro atoms. The number of nitrogens with zero attached hydrogens (tertiary/aromatic N) is 4. The van der Waals surface area contributed by atoms with Crippen molar-refractivity contribution >= 4 is 63.8 Å². The second kappa shape index (κ2) is 38.3. The summed E-state index contributed by atoms with van der Waals surface area (Å²) in [5.74, 6) is 0. The molecular formula is C60H100Cl4N4P2Ru2. The van der Waals surface area contributed by atoms with Crippen LogP contribution in [0.5, 0.6) is 0 Å². The van der Waals surface area contributed by atoms with Gasteiger partial charge < -0.3 is 19.6 Å². The summed E-state index contributed by atoms with van der Waals surface area (Å²) < 4.78 is 3.85. The van der Waals surface area contributed by atoms with E-state index in [2.05, 4.69) is 30.6 Å². The van der Waals surface area contributed by atoms with Gasteiger partial charge in [-0.1, -0.05) is 38.5 Å². The van der Waals surface area contributed by atoms with E-state index >= 15 is 0 Å².